The molecule has 0 fully saturated rings. The summed E-state index contributed by atoms with van der Waals surface area (Å²) in [7, 11) is 0. The lowest BCUT2D eigenvalue weighted by atomic mass is 10.1. The number of aryl methyl sites for hydroxylation is 2. The van der Waals surface area contributed by atoms with Gasteiger partial charge in [-0.3, -0.25) is 4.79 Å². The van der Waals surface area contributed by atoms with Gasteiger partial charge in [-0.2, -0.15) is 0 Å². The molecule has 0 heterocycles. The lowest BCUT2D eigenvalue weighted by molar-refractivity contribution is -0.118. The highest BCUT2D eigenvalue weighted by atomic mass is 16.5. The number of anilines is 1. The Bertz CT molecular complexity index is 753. The van der Waals surface area contributed by atoms with Gasteiger partial charge < -0.3 is 15.2 Å². The maximum atomic E-state index is 12.0. The SMILES string of the molecule is Cc1ccc(C)c(OCC(=O)Nc2ccccc2C(=O)O)c1C. The van der Waals surface area contributed by atoms with Crippen LogP contribution in [0.1, 0.15) is 27.0 Å². The molecule has 0 aromatic heterocycles. The van der Waals surface area contributed by atoms with Gasteiger partial charge in [0.05, 0.1) is 11.3 Å². The van der Waals surface area contributed by atoms with Crippen LogP contribution in [-0.2, 0) is 4.79 Å². The fourth-order valence-electron chi connectivity index (χ4n) is 2.25. The molecule has 0 saturated heterocycles. The summed E-state index contributed by atoms with van der Waals surface area (Å²) in [5, 5.41) is 11.7. The number of hydrogen-bond acceptors (Lipinski definition) is 3. The van der Waals surface area contributed by atoms with Crippen LogP contribution in [0.15, 0.2) is 36.4 Å². The number of hydrogen-bond donors (Lipinski definition) is 2. The van der Waals surface area contributed by atoms with Crippen molar-refractivity contribution in [2.75, 3.05) is 11.9 Å². The molecule has 0 saturated carbocycles. The van der Waals surface area contributed by atoms with E-state index in [1.54, 1.807) is 18.2 Å². The average molecular weight is 313 g/mol. The van der Waals surface area contributed by atoms with Crippen molar-refractivity contribution in [3.63, 3.8) is 0 Å². The molecule has 5 heteroatoms. The summed E-state index contributed by atoms with van der Waals surface area (Å²) in [5.74, 6) is -0.808. The summed E-state index contributed by atoms with van der Waals surface area (Å²) < 4.78 is 5.62. The molecule has 23 heavy (non-hydrogen) atoms. The van der Waals surface area contributed by atoms with Crippen molar-refractivity contribution in [2.45, 2.75) is 20.8 Å². The lowest BCUT2D eigenvalue weighted by Gasteiger charge is -2.14. The van der Waals surface area contributed by atoms with Crippen LogP contribution in [0.3, 0.4) is 0 Å². The third-order valence-corrected chi connectivity index (χ3v) is 3.65. The van der Waals surface area contributed by atoms with E-state index in [0.717, 1.165) is 16.7 Å². The van der Waals surface area contributed by atoms with Crippen LogP contribution in [-0.4, -0.2) is 23.6 Å². The third kappa shape index (κ3) is 3.88. The Kier molecular flexibility index (Phi) is 5.01. The summed E-state index contributed by atoms with van der Waals surface area (Å²) in [6, 6.07) is 10.2. The molecule has 0 bridgehead atoms. The molecular weight excluding hydrogens is 294 g/mol. The molecule has 2 N–H and O–H groups in total. The quantitative estimate of drug-likeness (QED) is 0.888. The first-order valence-corrected chi connectivity index (χ1v) is 7.22. The van der Waals surface area contributed by atoms with E-state index in [-0.39, 0.29) is 17.9 Å². The van der Waals surface area contributed by atoms with E-state index in [1.165, 1.54) is 6.07 Å². The van der Waals surface area contributed by atoms with Crippen molar-refractivity contribution >= 4 is 17.6 Å². The maximum Gasteiger partial charge on any atom is 0.337 e. The number of benzene rings is 2. The number of carbonyl (C=O) groups is 2. The number of ether oxygens (including phenoxy) is 1. The Labute approximate surface area is 134 Å². The standard InChI is InChI=1S/C18H19NO4/c1-11-8-9-12(2)17(13(11)3)23-10-16(20)19-15-7-5-4-6-14(15)18(21)22/h4-9H,10H2,1-3H3,(H,19,20)(H,21,22). The molecule has 0 radical (unpaired) electrons. The first-order chi connectivity index (χ1) is 10.9. The Hall–Kier alpha value is -2.82. The van der Waals surface area contributed by atoms with E-state index >= 15 is 0 Å². The molecule has 2 rings (SSSR count). The van der Waals surface area contributed by atoms with Crippen molar-refractivity contribution in [1.29, 1.82) is 0 Å². The second kappa shape index (κ2) is 6.96. The van der Waals surface area contributed by atoms with Crippen LogP contribution in [0.5, 0.6) is 5.75 Å². The molecule has 5 nitrogen and oxygen atoms in total. The van der Waals surface area contributed by atoms with E-state index in [9.17, 15) is 9.59 Å². The summed E-state index contributed by atoms with van der Waals surface area (Å²) in [5.41, 5.74) is 3.33. The minimum Gasteiger partial charge on any atom is -0.483 e. The van der Waals surface area contributed by atoms with Crippen molar-refractivity contribution in [3.05, 3.63) is 58.7 Å². The molecule has 1 amide bonds. The number of amides is 1. The highest BCUT2D eigenvalue weighted by molar-refractivity contribution is 6.00. The number of rotatable bonds is 5. The molecule has 0 aliphatic heterocycles. The van der Waals surface area contributed by atoms with Gasteiger partial charge in [-0.05, 0) is 49.6 Å². The Morgan fingerprint density at radius 2 is 1.70 bits per heavy atom. The van der Waals surface area contributed by atoms with Crippen LogP contribution in [0.4, 0.5) is 5.69 Å². The van der Waals surface area contributed by atoms with Gasteiger partial charge >= 0.3 is 5.97 Å². The molecule has 120 valence electrons. The molecule has 0 aliphatic rings. The van der Waals surface area contributed by atoms with E-state index in [0.29, 0.717) is 5.75 Å². The van der Waals surface area contributed by atoms with Gasteiger partial charge in [0, 0.05) is 0 Å². The van der Waals surface area contributed by atoms with Gasteiger partial charge in [-0.15, -0.1) is 0 Å². The second-order valence-corrected chi connectivity index (χ2v) is 5.34. The van der Waals surface area contributed by atoms with Gasteiger partial charge in [-0.1, -0.05) is 24.3 Å². The Balaban J connectivity index is 2.07. The highest BCUT2D eigenvalue weighted by Gasteiger charge is 2.13. The molecule has 2 aromatic rings. The van der Waals surface area contributed by atoms with Gasteiger partial charge in [0.2, 0.25) is 0 Å². The van der Waals surface area contributed by atoms with Crippen LogP contribution >= 0.6 is 0 Å². The van der Waals surface area contributed by atoms with E-state index in [4.69, 9.17) is 9.84 Å². The summed E-state index contributed by atoms with van der Waals surface area (Å²) in [4.78, 5) is 23.2. The van der Waals surface area contributed by atoms with Crippen molar-refractivity contribution in [1.82, 2.24) is 0 Å². The average Bonchev–Trinajstić information content (AvgIpc) is 2.51. The predicted molar refractivity (Wildman–Crippen MR) is 88.2 cm³/mol. The topological polar surface area (TPSA) is 75.6 Å². The van der Waals surface area contributed by atoms with Gasteiger partial charge in [0.25, 0.3) is 5.91 Å². The first kappa shape index (κ1) is 16.5. The number of aromatic carboxylic acids is 1. The van der Waals surface area contributed by atoms with E-state index in [2.05, 4.69) is 5.32 Å². The highest BCUT2D eigenvalue weighted by Crippen LogP contribution is 2.25. The van der Waals surface area contributed by atoms with Crippen molar-refractivity contribution in [2.24, 2.45) is 0 Å². The fourth-order valence-corrected chi connectivity index (χ4v) is 2.25. The van der Waals surface area contributed by atoms with Crippen LogP contribution < -0.4 is 10.1 Å². The molecule has 0 unspecified atom stereocenters. The zero-order valence-electron chi connectivity index (χ0n) is 13.3. The summed E-state index contributed by atoms with van der Waals surface area (Å²) in [6.07, 6.45) is 0. The normalized spacial score (nSPS) is 10.2. The number of carbonyl (C=O) groups excluding carboxylic acids is 1. The van der Waals surface area contributed by atoms with Crippen molar-refractivity contribution in [3.8, 4) is 5.75 Å². The Morgan fingerprint density at radius 1 is 1.04 bits per heavy atom. The smallest absolute Gasteiger partial charge is 0.337 e. The van der Waals surface area contributed by atoms with Crippen LogP contribution in [0.25, 0.3) is 0 Å². The molecular formula is C18H19NO4. The first-order valence-electron chi connectivity index (χ1n) is 7.22. The number of nitrogens with one attached hydrogen (secondary N) is 1. The summed E-state index contributed by atoms with van der Waals surface area (Å²) in [6.45, 7) is 5.65. The molecule has 0 atom stereocenters. The number of para-hydroxylation sites is 1. The summed E-state index contributed by atoms with van der Waals surface area (Å²) >= 11 is 0. The number of carboxylic acids is 1. The third-order valence-electron chi connectivity index (χ3n) is 3.65. The van der Waals surface area contributed by atoms with Gasteiger partial charge in [0.15, 0.2) is 6.61 Å². The predicted octanol–water partition coefficient (Wildman–Crippen LogP) is 3.33. The monoisotopic (exact) mass is 313 g/mol. The van der Waals surface area contributed by atoms with Gasteiger partial charge in [0.1, 0.15) is 5.75 Å². The van der Waals surface area contributed by atoms with E-state index < -0.39 is 11.9 Å². The zero-order valence-corrected chi connectivity index (χ0v) is 13.3. The Morgan fingerprint density at radius 3 is 2.39 bits per heavy atom. The number of carboxylic acid groups (broad SMARTS) is 1. The molecule has 0 aliphatic carbocycles. The van der Waals surface area contributed by atoms with Crippen LogP contribution in [0.2, 0.25) is 0 Å². The maximum absolute atomic E-state index is 12.0. The lowest BCUT2D eigenvalue weighted by Crippen LogP contribution is -2.22. The molecule has 2 aromatic carbocycles. The molecule has 0 spiro atoms. The second-order valence-electron chi connectivity index (χ2n) is 5.34. The fraction of sp³-hybridized carbons (Fsp3) is 0.222. The largest absolute Gasteiger partial charge is 0.483 e. The minimum atomic E-state index is -1.09. The minimum absolute atomic E-state index is 0.0452. The zero-order chi connectivity index (χ0) is 17.0. The van der Waals surface area contributed by atoms with Gasteiger partial charge in [-0.25, -0.2) is 4.79 Å². The van der Waals surface area contributed by atoms with Crippen LogP contribution in [0, 0.1) is 20.8 Å². The van der Waals surface area contributed by atoms with E-state index in [1.807, 2.05) is 32.9 Å². The van der Waals surface area contributed by atoms with Crippen molar-refractivity contribution < 1.29 is 19.4 Å².